The highest BCUT2D eigenvalue weighted by Gasteiger charge is 2.47. The first kappa shape index (κ1) is 24.4. The molecular weight excluding hydrogens is 338 g/mol. The minimum Gasteiger partial charge on any atom is -0.464 e. The van der Waals surface area contributed by atoms with E-state index in [9.17, 15) is 4.79 Å². The van der Waals surface area contributed by atoms with Crippen LogP contribution in [0, 0.1) is 11.3 Å². The van der Waals surface area contributed by atoms with Crippen molar-refractivity contribution in [3.05, 3.63) is 0 Å². The van der Waals surface area contributed by atoms with Crippen molar-refractivity contribution in [2.75, 3.05) is 39.5 Å². The summed E-state index contributed by atoms with van der Waals surface area (Å²) in [5.41, 5.74) is -0.137. The van der Waals surface area contributed by atoms with E-state index in [1.807, 2.05) is 13.8 Å². The normalized spacial score (nSPS) is 20.0. The summed E-state index contributed by atoms with van der Waals surface area (Å²) in [7, 11) is 0. The van der Waals surface area contributed by atoms with E-state index in [0.717, 1.165) is 45.7 Å². The number of esters is 1. The fourth-order valence-corrected chi connectivity index (χ4v) is 4.77. The molecule has 27 heavy (non-hydrogen) atoms. The number of ether oxygens (including phenoxy) is 2. The molecule has 0 aromatic heterocycles. The largest absolute Gasteiger partial charge is 0.464 e. The molecular formula is C23H45NO3. The van der Waals surface area contributed by atoms with Gasteiger partial charge in [-0.3, -0.25) is 4.79 Å². The lowest BCUT2D eigenvalue weighted by atomic mass is 9.62. The smallest absolute Gasteiger partial charge is 0.312 e. The van der Waals surface area contributed by atoms with Crippen molar-refractivity contribution < 1.29 is 14.3 Å². The van der Waals surface area contributed by atoms with Crippen LogP contribution in [0.5, 0.6) is 0 Å². The van der Waals surface area contributed by atoms with Gasteiger partial charge >= 0.3 is 5.97 Å². The SMILES string of the molecule is CCN(CC)CCOC(=O)C1(C2CCCCC2)CCCCC1.CCOCC. The number of nitrogens with zero attached hydrogens (tertiary/aromatic N) is 1. The van der Waals surface area contributed by atoms with Gasteiger partial charge in [0.2, 0.25) is 0 Å². The van der Waals surface area contributed by atoms with Crippen molar-refractivity contribution >= 4 is 5.97 Å². The molecule has 0 atom stereocenters. The molecule has 0 spiro atoms. The van der Waals surface area contributed by atoms with E-state index < -0.39 is 0 Å². The van der Waals surface area contributed by atoms with Crippen molar-refractivity contribution in [3.63, 3.8) is 0 Å². The van der Waals surface area contributed by atoms with Gasteiger partial charge in [-0.1, -0.05) is 52.4 Å². The molecule has 2 saturated carbocycles. The van der Waals surface area contributed by atoms with Crippen LogP contribution in [0.15, 0.2) is 0 Å². The summed E-state index contributed by atoms with van der Waals surface area (Å²) < 4.78 is 10.6. The van der Waals surface area contributed by atoms with Gasteiger partial charge in [0.05, 0.1) is 5.41 Å². The monoisotopic (exact) mass is 383 g/mol. The molecule has 4 heteroatoms. The van der Waals surface area contributed by atoms with E-state index in [1.165, 1.54) is 51.4 Å². The zero-order valence-corrected chi connectivity index (χ0v) is 18.6. The third-order valence-corrected chi connectivity index (χ3v) is 6.48. The highest BCUT2D eigenvalue weighted by atomic mass is 16.5. The highest BCUT2D eigenvalue weighted by molar-refractivity contribution is 5.77. The fourth-order valence-electron chi connectivity index (χ4n) is 4.77. The topological polar surface area (TPSA) is 38.8 Å². The molecule has 2 fully saturated rings. The Morgan fingerprint density at radius 2 is 1.44 bits per heavy atom. The second kappa shape index (κ2) is 14.4. The molecule has 0 aromatic carbocycles. The average molecular weight is 384 g/mol. The summed E-state index contributed by atoms with van der Waals surface area (Å²) >= 11 is 0. The molecule has 0 amide bonds. The fraction of sp³-hybridized carbons (Fsp3) is 0.957. The standard InChI is InChI=1S/C19H35NO2.C4H10O/c1-3-20(4-2)15-16-22-18(21)19(13-9-6-10-14-19)17-11-7-5-8-12-17;1-3-5-4-2/h17H,3-16H2,1-2H3;3-4H2,1-2H3. The first-order valence-corrected chi connectivity index (χ1v) is 11.6. The Morgan fingerprint density at radius 3 is 1.93 bits per heavy atom. The van der Waals surface area contributed by atoms with Gasteiger partial charge in [0.15, 0.2) is 0 Å². The molecule has 0 aliphatic heterocycles. The predicted molar refractivity (Wildman–Crippen MR) is 113 cm³/mol. The number of likely N-dealkylation sites (N-methyl/N-ethyl adjacent to an activating group) is 1. The maximum Gasteiger partial charge on any atom is 0.312 e. The number of carbonyl (C=O) groups excluding carboxylic acids is 1. The minimum atomic E-state index is -0.137. The number of hydrogen-bond acceptors (Lipinski definition) is 4. The highest BCUT2D eigenvalue weighted by Crippen LogP contribution is 2.49. The summed E-state index contributed by atoms with van der Waals surface area (Å²) in [6.45, 7) is 13.5. The Morgan fingerprint density at radius 1 is 0.889 bits per heavy atom. The van der Waals surface area contributed by atoms with Crippen LogP contribution in [-0.4, -0.2) is 50.3 Å². The Hall–Kier alpha value is -0.610. The summed E-state index contributed by atoms with van der Waals surface area (Å²) in [5, 5.41) is 0. The Bertz CT molecular complexity index is 368. The second-order valence-electron chi connectivity index (χ2n) is 8.00. The van der Waals surface area contributed by atoms with E-state index in [4.69, 9.17) is 9.47 Å². The second-order valence-corrected chi connectivity index (χ2v) is 8.00. The van der Waals surface area contributed by atoms with Crippen LogP contribution in [0.25, 0.3) is 0 Å². The zero-order chi connectivity index (χ0) is 20.0. The minimum absolute atomic E-state index is 0.131. The van der Waals surface area contributed by atoms with E-state index >= 15 is 0 Å². The maximum absolute atomic E-state index is 12.9. The van der Waals surface area contributed by atoms with Crippen LogP contribution in [-0.2, 0) is 14.3 Å². The first-order chi connectivity index (χ1) is 13.1. The summed E-state index contributed by atoms with van der Waals surface area (Å²) in [5.74, 6) is 0.716. The molecule has 4 nitrogen and oxygen atoms in total. The van der Waals surface area contributed by atoms with Gasteiger partial charge in [-0.25, -0.2) is 0 Å². The number of hydrogen-bond donors (Lipinski definition) is 0. The summed E-state index contributed by atoms with van der Waals surface area (Å²) in [4.78, 5) is 15.3. The molecule has 2 aliphatic rings. The van der Waals surface area contributed by atoms with Gasteiger partial charge in [0.1, 0.15) is 6.61 Å². The van der Waals surface area contributed by atoms with Crippen LogP contribution in [0.2, 0.25) is 0 Å². The maximum atomic E-state index is 12.9. The van der Waals surface area contributed by atoms with Gasteiger partial charge in [0, 0.05) is 19.8 Å². The van der Waals surface area contributed by atoms with Crippen LogP contribution in [0.4, 0.5) is 0 Å². The van der Waals surface area contributed by atoms with Gasteiger partial charge in [-0.05, 0) is 58.5 Å². The third kappa shape index (κ3) is 8.11. The quantitative estimate of drug-likeness (QED) is 0.497. The van der Waals surface area contributed by atoms with E-state index in [0.29, 0.717) is 12.5 Å². The van der Waals surface area contributed by atoms with Crippen molar-refractivity contribution in [1.29, 1.82) is 0 Å². The van der Waals surface area contributed by atoms with Crippen LogP contribution in [0.1, 0.15) is 91.9 Å². The average Bonchev–Trinajstić information content (AvgIpc) is 2.73. The molecule has 2 aliphatic carbocycles. The molecule has 0 unspecified atom stereocenters. The Kier molecular flexibility index (Phi) is 13.0. The molecule has 0 N–H and O–H groups in total. The predicted octanol–water partition coefficient (Wildman–Crippen LogP) is 5.45. The first-order valence-electron chi connectivity index (χ1n) is 11.6. The summed E-state index contributed by atoms with van der Waals surface area (Å²) in [6.07, 6.45) is 12.3. The molecule has 0 radical (unpaired) electrons. The Labute approximate surface area is 168 Å². The molecule has 160 valence electrons. The lowest BCUT2D eigenvalue weighted by Gasteiger charge is -2.43. The van der Waals surface area contributed by atoms with Crippen LogP contribution >= 0.6 is 0 Å². The molecule has 0 aromatic rings. The van der Waals surface area contributed by atoms with Crippen molar-refractivity contribution in [2.24, 2.45) is 11.3 Å². The third-order valence-electron chi connectivity index (χ3n) is 6.48. The van der Waals surface area contributed by atoms with Crippen molar-refractivity contribution in [3.8, 4) is 0 Å². The molecule has 0 saturated heterocycles. The van der Waals surface area contributed by atoms with Gasteiger partial charge < -0.3 is 14.4 Å². The Balaban J connectivity index is 0.000000646. The number of carbonyl (C=O) groups is 1. The summed E-state index contributed by atoms with van der Waals surface area (Å²) in [6, 6.07) is 0. The molecule has 2 rings (SSSR count). The van der Waals surface area contributed by atoms with E-state index in [2.05, 4.69) is 18.7 Å². The number of rotatable bonds is 9. The van der Waals surface area contributed by atoms with E-state index in [1.54, 1.807) is 0 Å². The molecule has 0 bridgehead atoms. The van der Waals surface area contributed by atoms with Crippen LogP contribution < -0.4 is 0 Å². The van der Waals surface area contributed by atoms with Gasteiger partial charge in [-0.2, -0.15) is 0 Å². The van der Waals surface area contributed by atoms with Crippen LogP contribution in [0.3, 0.4) is 0 Å². The lowest BCUT2D eigenvalue weighted by Crippen LogP contribution is -2.43. The molecule has 0 heterocycles. The van der Waals surface area contributed by atoms with Gasteiger partial charge in [0.25, 0.3) is 0 Å². The van der Waals surface area contributed by atoms with Gasteiger partial charge in [-0.15, -0.1) is 0 Å². The lowest BCUT2D eigenvalue weighted by molar-refractivity contribution is -0.164. The zero-order valence-electron chi connectivity index (χ0n) is 18.6. The van der Waals surface area contributed by atoms with Crippen molar-refractivity contribution in [1.82, 2.24) is 4.90 Å². The van der Waals surface area contributed by atoms with E-state index in [-0.39, 0.29) is 11.4 Å². The van der Waals surface area contributed by atoms with Crippen molar-refractivity contribution in [2.45, 2.75) is 91.9 Å².